The molecule has 1 unspecified atom stereocenters. The number of alkyl halides is 2. The highest BCUT2D eigenvalue weighted by Gasteiger charge is 2.28. The third-order valence-corrected chi connectivity index (χ3v) is 6.47. The van der Waals surface area contributed by atoms with Crippen molar-refractivity contribution in [2.75, 3.05) is 24.3 Å². The molecular formula is C20H21BrF3NOS. The summed E-state index contributed by atoms with van der Waals surface area (Å²) < 4.78 is 46.4. The molecule has 0 N–H and O–H groups in total. The van der Waals surface area contributed by atoms with Gasteiger partial charge in [0.15, 0.2) is 0 Å². The first-order chi connectivity index (χ1) is 12.8. The van der Waals surface area contributed by atoms with Crippen molar-refractivity contribution in [1.82, 2.24) is 0 Å². The van der Waals surface area contributed by atoms with E-state index in [2.05, 4.69) is 20.8 Å². The van der Waals surface area contributed by atoms with E-state index in [0.717, 1.165) is 39.2 Å². The maximum Gasteiger partial charge on any atom is 0.245 e. The minimum absolute atomic E-state index is 0.0862. The van der Waals surface area contributed by atoms with E-state index >= 15 is 0 Å². The Labute approximate surface area is 170 Å². The quantitative estimate of drug-likeness (QED) is 0.482. The van der Waals surface area contributed by atoms with Gasteiger partial charge in [0.2, 0.25) is 5.92 Å². The summed E-state index contributed by atoms with van der Waals surface area (Å²) in [6, 6.07) is 10.2. The molecule has 27 heavy (non-hydrogen) atoms. The van der Waals surface area contributed by atoms with E-state index in [0.29, 0.717) is 13.0 Å². The Morgan fingerprint density at radius 2 is 1.96 bits per heavy atom. The molecule has 146 valence electrons. The largest absolute Gasteiger partial charge is 0.496 e. The minimum atomic E-state index is -2.67. The molecule has 0 amide bonds. The van der Waals surface area contributed by atoms with Gasteiger partial charge in [0.05, 0.1) is 17.3 Å². The fourth-order valence-electron chi connectivity index (χ4n) is 3.12. The number of thioether (sulfide) groups is 1. The van der Waals surface area contributed by atoms with Crippen LogP contribution < -0.4 is 9.64 Å². The third-order valence-electron chi connectivity index (χ3n) is 4.57. The maximum atomic E-state index is 13.4. The number of rotatable bonds is 5. The van der Waals surface area contributed by atoms with Gasteiger partial charge in [0.25, 0.3) is 0 Å². The molecule has 0 aromatic heterocycles. The Hall–Kier alpha value is -1.34. The average molecular weight is 460 g/mol. The molecule has 1 atom stereocenters. The van der Waals surface area contributed by atoms with Gasteiger partial charge in [-0.15, -0.1) is 11.8 Å². The van der Waals surface area contributed by atoms with E-state index < -0.39 is 5.92 Å². The molecule has 1 aliphatic heterocycles. The number of hydrogen-bond acceptors (Lipinski definition) is 3. The van der Waals surface area contributed by atoms with Gasteiger partial charge in [-0.05, 0) is 71.6 Å². The van der Waals surface area contributed by atoms with Crippen LogP contribution in [0.25, 0.3) is 0 Å². The summed E-state index contributed by atoms with van der Waals surface area (Å²) in [7, 11) is 1.61. The van der Waals surface area contributed by atoms with Gasteiger partial charge in [-0.3, -0.25) is 0 Å². The Balaban J connectivity index is 1.97. The molecule has 1 aliphatic rings. The van der Waals surface area contributed by atoms with E-state index in [9.17, 15) is 13.2 Å². The fourth-order valence-corrected chi connectivity index (χ4v) is 4.81. The number of halogens is 4. The number of nitrogens with zero attached hydrogens (tertiary/aromatic N) is 1. The van der Waals surface area contributed by atoms with Gasteiger partial charge < -0.3 is 9.64 Å². The van der Waals surface area contributed by atoms with E-state index in [-0.39, 0.29) is 18.2 Å². The Morgan fingerprint density at radius 1 is 1.26 bits per heavy atom. The lowest BCUT2D eigenvalue weighted by atomic mass is 10.0. The van der Waals surface area contributed by atoms with Crippen molar-refractivity contribution < 1.29 is 17.9 Å². The average Bonchev–Trinajstić information content (AvgIpc) is 2.79. The monoisotopic (exact) mass is 459 g/mol. The van der Waals surface area contributed by atoms with Gasteiger partial charge in [-0.2, -0.15) is 0 Å². The summed E-state index contributed by atoms with van der Waals surface area (Å²) in [4.78, 5) is 3.10. The van der Waals surface area contributed by atoms with Gasteiger partial charge in [-0.1, -0.05) is 0 Å². The lowest BCUT2D eigenvalue weighted by molar-refractivity contribution is 0.00771. The summed E-state index contributed by atoms with van der Waals surface area (Å²) in [6.07, 6.45) is 0.291. The second-order valence-corrected chi connectivity index (χ2v) is 8.74. The van der Waals surface area contributed by atoms with Crippen LogP contribution in [0.3, 0.4) is 0 Å². The van der Waals surface area contributed by atoms with Crippen LogP contribution in [0.2, 0.25) is 0 Å². The van der Waals surface area contributed by atoms with E-state index in [1.54, 1.807) is 31.0 Å². The molecule has 0 fully saturated rings. The number of hydrogen-bond donors (Lipinski definition) is 0. The lowest BCUT2D eigenvalue weighted by Crippen LogP contribution is -2.26. The molecule has 2 nitrogen and oxygen atoms in total. The minimum Gasteiger partial charge on any atom is -0.496 e. The van der Waals surface area contributed by atoms with Crippen molar-refractivity contribution in [2.45, 2.75) is 30.6 Å². The van der Waals surface area contributed by atoms with Crippen molar-refractivity contribution in [2.24, 2.45) is 5.92 Å². The Morgan fingerprint density at radius 3 is 2.59 bits per heavy atom. The van der Waals surface area contributed by atoms with E-state index in [4.69, 9.17) is 4.74 Å². The van der Waals surface area contributed by atoms with Crippen LogP contribution in [-0.4, -0.2) is 25.3 Å². The first kappa shape index (κ1) is 20.4. The topological polar surface area (TPSA) is 12.5 Å². The predicted molar refractivity (Wildman–Crippen MR) is 108 cm³/mol. The van der Waals surface area contributed by atoms with Crippen LogP contribution in [0.15, 0.2) is 45.8 Å². The molecule has 0 saturated carbocycles. The highest BCUT2D eigenvalue weighted by molar-refractivity contribution is 9.10. The van der Waals surface area contributed by atoms with Gasteiger partial charge >= 0.3 is 0 Å². The van der Waals surface area contributed by atoms with Gasteiger partial charge in [0.1, 0.15) is 11.6 Å². The second-order valence-electron chi connectivity index (χ2n) is 6.83. The summed E-state index contributed by atoms with van der Waals surface area (Å²) in [5.74, 6) is -1.43. The molecule has 3 rings (SSSR count). The standard InChI is InChI=1S/C20H21BrF3NOS/c1-20(23,24)8-7-13-11-25(15-5-3-14(22)4-6-15)17-9-16(21)18(26-2)10-19(17)27-12-13/h3-6,9-10,13H,7-8,11-12H2,1-2H3. The van der Waals surface area contributed by atoms with Crippen LogP contribution in [-0.2, 0) is 0 Å². The maximum absolute atomic E-state index is 13.4. The van der Waals surface area contributed by atoms with Crippen LogP contribution in [0, 0.1) is 11.7 Å². The number of anilines is 2. The molecule has 0 saturated heterocycles. The zero-order chi connectivity index (χ0) is 19.6. The van der Waals surface area contributed by atoms with E-state index in [1.807, 2.05) is 12.1 Å². The Bertz CT molecular complexity index is 795. The SMILES string of the molecule is COc1cc2c(cc1Br)N(c1ccc(F)cc1)CC(CCC(C)(F)F)CS2. The smallest absolute Gasteiger partial charge is 0.245 e. The van der Waals surface area contributed by atoms with E-state index in [1.165, 1.54) is 12.1 Å². The molecule has 0 bridgehead atoms. The molecular weight excluding hydrogens is 439 g/mol. The third kappa shape index (κ3) is 5.13. The number of ether oxygens (including phenoxy) is 1. The molecule has 7 heteroatoms. The zero-order valence-electron chi connectivity index (χ0n) is 15.1. The number of benzene rings is 2. The summed E-state index contributed by atoms with van der Waals surface area (Å²) in [6.45, 7) is 1.56. The molecule has 2 aromatic rings. The first-order valence-corrected chi connectivity index (χ1v) is 10.5. The first-order valence-electron chi connectivity index (χ1n) is 8.68. The van der Waals surface area contributed by atoms with Crippen LogP contribution >= 0.6 is 27.7 Å². The number of methoxy groups -OCH3 is 1. The molecule has 0 spiro atoms. The zero-order valence-corrected chi connectivity index (χ0v) is 17.5. The normalized spacial score (nSPS) is 17.4. The summed E-state index contributed by atoms with van der Waals surface area (Å²) in [5.41, 5.74) is 1.80. The number of fused-ring (bicyclic) bond motifs is 1. The highest BCUT2D eigenvalue weighted by atomic mass is 79.9. The highest BCUT2D eigenvalue weighted by Crippen LogP contribution is 2.45. The van der Waals surface area contributed by atoms with Gasteiger partial charge in [-0.25, -0.2) is 13.2 Å². The van der Waals surface area contributed by atoms with Crippen molar-refractivity contribution in [3.63, 3.8) is 0 Å². The molecule has 0 aliphatic carbocycles. The molecule has 2 aromatic carbocycles. The summed E-state index contributed by atoms with van der Waals surface area (Å²) in [5, 5.41) is 0. The van der Waals surface area contributed by atoms with Crippen molar-refractivity contribution >= 4 is 39.1 Å². The van der Waals surface area contributed by atoms with Gasteiger partial charge in [0, 0.05) is 29.3 Å². The second kappa shape index (κ2) is 8.35. The van der Waals surface area contributed by atoms with Crippen LogP contribution in [0.1, 0.15) is 19.8 Å². The predicted octanol–water partition coefficient (Wildman–Crippen LogP) is 6.89. The van der Waals surface area contributed by atoms with Crippen molar-refractivity contribution in [1.29, 1.82) is 0 Å². The van der Waals surface area contributed by atoms with Crippen molar-refractivity contribution in [3.8, 4) is 5.75 Å². The van der Waals surface area contributed by atoms with Crippen molar-refractivity contribution in [3.05, 3.63) is 46.7 Å². The molecule has 0 radical (unpaired) electrons. The van der Waals surface area contributed by atoms with Crippen LogP contribution in [0.4, 0.5) is 24.5 Å². The fraction of sp³-hybridized carbons (Fsp3) is 0.400. The summed E-state index contributed by atoms with van der Waals surface area (Å²) >= 11 is 5.17. The Kier molecular flexibility index (Phi) is 6.31. The lowest BCUT2D eigenvalue weighted by Gasteiger charge is -2.28. The molecule has 1 heterocycles. The van der Waals surface area contributed by atoms with Crippen LogP contribution in [0.5, 0.6) is 5.75 Å².